The first-order valence-electron chi connectivity index (χ1n) is 4.66. The van der Waals surface area contributed by atoms with E-state index >= 15 is 0 Å². The fourth-order valence-electron chi connectivity index (χ4n) is 1.45. The molecule has 3 heteroatoms. The van der Waals surface area contributed by atoms with Crippen molar-refractivity contribution in [1.29, 1.82) is 0 Å². The molecule has 2 rings (SSSR count). The lowest BCUT2D eigenvalue weighted by Gasteiger charge is -1.98. The van der Waals surface area contributed by atoms with Crippen molar-refractivity contribution in [2.24, 2.45) is 0 Å². The van der Waals surface area contributed by atoms with Crippen molar-refractivity contribution in [3.05, 3.63) is 57.9 Å². The van der Waals surface area contributed by atoms with Crippen LogP contribution in [0.3, 0.4) is 0 Å². The molecule has 0 unspecified atom stereocenters. The standard InChI is InChI=1S/C12H10INO/c13-11-4-1-3-10(7-11)8-14-6-2-5-12(15)9-14/h1-7,9H,8H2/p+1. The lowest BCUT2D eigenvalue weighted by atomic mass is 10.2. The van der Waals surface area contributed by atoms with Crippen molar-refractivity contribution in [3.63, 3.8) is 0 Å². The minimum absolute atomic E-state index is 0.295. The van der Waals surface area contributed by atoms with E-state index in [4.69, 9.17) is 0 Å². The van der Waals surface area contributed by atoms with Crippen LogP contribution in [0.25, 0.3) is 0 Å². The zero-order chi connectivity index (χ0) is 10.7. The summed E-state index contributed by atoms with van der Waals surface area (Å²) in [6, 6.07) is 11.8. The van der Waals surface area contributed by atoms with Crippen molar-refractivity contribution in [2.45, 2.75) is 6.54 Å². The van der Waals surface area contributed by atoms with E-state index in [-0.39, 0.29) is 0 Å². The highest BCUT2D eigenvalue weighted by Gasteiger charge is 2.03. The molecular formula is C12H11INO+. The number of halogens is 1. The first kappa shape index (κ1) is 10.4. The molecule has 0 amide bonds. The van der Waals surface area contributed by atoms with E-state index in [1.807, 2.05) is 22.9 Å². The van der Waals surface area contributed by atoms with Gasteiger partial charge in [-0.3, -0.25) is 0 Å². The molecule has 0 aliphatic heterocycles. The molecule has 0 saturated heterocycles. The summed E-state index contributed by atoms with van der Waals surface area (Å²) in [4.78, 5) is 0. The van der Waals surface area contributed by atoms with Gasteiger partial charge < -0.3 is 5.11 Å². The van der Waals surface area contributed by atoms with E-state index in [9.17, 15) is 5.11 Å². The van der Waals surface area contributed by atoms with Crippen LogP contribution >= 0.6 is 22.6 Å². The quantitative estimate of drug-likeness (QED) is 0.668. The number of hydrogen-bond acceptors (Lipinski definition) is 1. The molecule has 0 atom stereocenters. The second-order valence-corrected chi connectivity index (χ2v) is 4.61. The van der Waals surface area contributed by atoms with E-state index in [2.05, 4.69) is 40.8 Å². The third kappa shape index (κ3) is 2.92. The highest BCUT2D eigenvalue weighted by molar-refractivity contribution is 14.1. The lowest BCUT2D eigenvalue weighted by molar-refractivity contribution is -0.688. The monoisotopic (exact) mass is 312 g/mol. The van der Waals surface area contributed by atoms with Gasteiger partial charge in [-0.15, -0.1) is 0 Å². The van der Waals surface area contributed by atoms with E-state index < -0.39 is 0 Å². The third-order valence-electron chi connectivity index (χ3n) is 2.10. The van der Waals surface area contributed by atoms with Gasteiger partial charge in [0.15, 0.2) is 18.5 Å². The molecule has 1 heterocycles. The normalized spacial score (nSPS) is 10.2. The van der Waals surface area contributed by atoms with E-state index in [1.54, 1.807) is 12.3 Å². The topological polar surface area (TPSA) is 24.1 Å². The fraction of sp³-hybridized carbons (Fsp3) is 0.0833. The molecule has 1 N–H and O–H groups in total. The molecule has 2 nitrogen and oxygen atoms in total. The molecule has 76 valence electrons. The fourth-order valence-corrected chi connectivity index (χ4v) is 2.06. The first-order valence-corrected chi connectivity index (χ1v) is 5.74. The summed E-state index contributed by atoms with van der Waals surface area (Å²) in [5, 5.41) is 9.32. The minimum atomic E-state index is 0.295. The molecule has 0 bridgehead atoms. The molecule has 0 aliphatic carbocycles. The maximum Gasteiger partial charge on any atom is 0.211 e. The van der Waals surface area contributed by atoms with Crippen LogP contribution in [-0.4, -0.2) is 5.11 Å². The Hall–Kier alpha value is -1.10. The Kier molecular flexibility index (Phi) is 3.20. The van der Waals surface area contributed by atoms with Gasteiger partial charge >= 0.3 is 0 Å². The number of benzene rings is 1. The van der Waals surface area contributed by atoms with Gasteiger partial charge in [0.1, 0.15) is 0 Å². The van der Waals surface area contributed by atoms with Gasteiger partial charge in [-0.05, 0) is 40.8 Å². The van der Waals surface area contributed by atoms with Crippen LogP contribution in [0.5, 0.6) is 5.75 Å². The van der Waals surface area contributed by atoms with Crippen LogP contribution in [0.1, 0.15) is 5.56 Å². The highest BCUT2D eigenvalue weighted by atomic mass is 127. The number of hydrogen-bond donors (Lipinski definition) is 1. The summed E-state index contributed by atoms with van der Waals surface area (Å²) in [6.45, 7) is 0.783. The number of pyridine rings is 1. The number of aromatic hydroxyl groups is 1. The molecule has 0 fully saturated rings. The van der Waals surface area contributed by atoms with Gasteiger partial charge in [-0.1, -0.05) is 12.1 Å². The van der Waals surface area contributed by atoms with Gasteiger partial charge in [0, 0.05) is 15.2 Å². The van der Waals surface area contributed by atoms with E-state index in [0.29, 0.717) is 5.75 Å². The van der Waals surface area contributed by atoms with Crippen LogP contribution < -0.4 is 4.57 Å². The second-order valence-electron chi connectivity index (χ2n) is 3.36. The van der Waals surface area contributed by atoms with Gasteiger partial charge in [-0.25, -0.2) is 0 Å². The van der Waals surface area contributed by atoms with Crippen molar-refractivity contribution in [1.82, 2.24) is 0 Å². The molecule has 1 aromatic heterocycles. The second kappa shape index (κ2) is 4.61. The van der Waals surface area contributed by atoms with Crippen molar-refractivity contribution >= 4 is 22.6 Å². The summed E-state index contributed by atoms with van der Waals surface area (Å²) in [5.41, 5.74) is 1.23. The summed E-state index contributed by atoms with van der Waals surface area (Å²) in [7, 11) is 0. The van der Waals surface area contributed by atoms with Crippen LogP contribution in [0.15, 0.2) is 48.8 Å². The average molecular weight is 312 g/mol. The van der Waals surface area contributed by atoms with Crippen molar-refractivity contribution in [2.75, 3.05) is 0 Å². The smallest absolute Gasteiger partial charge is 0.211 e. The number of aromatic nitrogens is 1. The largest absolute Gasteiger partial charge is 0.503 e. The number of rotatable bonds is 2. The number of nitrogens with zero attached hydrogens (tertiary/aromatic N) is 1. The molecule has 0 spiro atoms. The molecule has 0 aliphatic rings. The van der Waals surface area contributed by atoms with Gasteiger partial charge in [0.25, 0.3) is 0 Å². The van der Waals surface area contributed by atoms with Crippen molar-refractivity contribution < 1.29 is 9.67 Å². The molecule has 2 aromatic rings. The Morgan fingerprint density at radius 2 is 2.07 bits per heavy atom. The molecule has 0 radical (unpaired) electrons. The lowest BCUT2D eigenvalue weighted by Crippen LogP contribution is -2.32. The molecule has 1 aromatic carbocycles. The predicted molar refractivity (Wildman–Crippen MR) is 66.6 cm³/mol. The Morgan fingerprint density at radius 1 is 1.20 bits per heavy atom. The van der Waals surface area contributed by atoms with Crippen LogP contribution in [0, 0.1) is 3.57 Å². The maximum absolute atomic E-state index is 9.32. The predicted octanol–water partition coefficient (Wildman–Crippen LogP) is 2.33. The minimum Gasteiger partial charge on any atom is -0.503 e. The first-order chi connectivity index (χ1) is 7.24. The zero-order valence-corrected chi connectivity index (χ0v) is 10.3. The van der Waals surface area contributed by atoms with Crippen molar-refractivity contribution in [3.8, 4) is 5.75 Å². The SMILES string of the molecule is Oc1ccc[n+](Cc2cccc(I)c2)c1. The van der Waals surface area contributed by atoms with Gasteiger partial charge in [0.05, 0.1) is 0 Å². The highest BCUT2D eigenvalue weighted by Crippen LogP contribution is 2.08. The maximum atomic E-state index is 9.32. The summed E-state index contributed by atoms with van der Waals surface area (Å²) < 4.78 is 3.19. The van der Waals surface area contributed by atoms with Crippen LogP contribution in [-0.2, 0) is 6.54 Å². The summed E-state index contributed by atoms with van der Waals surface area (Å²) in [5.74, 6) is 0.295. The summed E-state index contributed by atoms with van der Waals surface area (Å²) >= 11 is 2.30. The van der Waals surface area contributed by atoms with E-state index in [0.717, 1.165) is 6.54 Å². The Labute approximate surface area is 102 Å². The Morgan fingerprint density at radius 3 is 2.80 bits per heavy atom. The zero-order valence-electron chi connectivity index (χ0n) is 8.10. The van der Waals surface area contributed by atoms with Crippen LogP contribution in [0.4, 0.5) is 0 Å². The van der Waals surface area contributed by atoms with Crippen LogP contribution in [0.2, 0.25) is 0 Å². The van der Waals surface area contributed by atoms with Gasteiger partial charge in [-0.2, -0.15) is 4.57 Å². The molecule has 0 saturated carbocycles. The Bertz CT molecular complexity index is 427. The molecular weight excluding hydrogens is 301 g/mol. The third-order valence-corrected chi connectivity index (χ3v) is 2.77. The average Bonchev–Trinajstić information content (AvgIpc) is 2.17. The van der Waals surface area contributed by atoms with Gasteiger partial charge in [0.2, 0.25) is 6.20 Å². The van der Waals surface area contributed by atoms with E-state index in [1.165, 1.54) is 9.13 Å². The summed E-state index contributed by atoms with van der Waals surface area (Å²) in [6.07, 6.45) is 3.67. The molecule has 15 heavy (non-hydrogen) atoms. The Balaban J connectivity index is 2.22.